The molecular weight excluding hydrogens is 897 g/mol. The van der Waals surface area contributed by atoms with Crippen LogP contribution in [0.25, 0.3) is 22.6 Å². The van der Waals surface area contributed by atoms with Crippen molar-refractivity contribution in [2.45, 2.75) is 62.7 Å². The highest BCUT2D eigenvalue weighted by molar-refractivity contribution is 7.89. The maximum atomic E-state index is 13.5. The Morgan fingerprint density at radius 1 is 0.426 bits per heavy atom. The van der Waals surface area contributed by atoms with E-state index in [9.17, 15) is 26.4 Å². The van der Waals surface area contributed by atoms with Crippen molar-refractivity contribution < 1.29 is 26.4 Å². The molecule has 16 heteroatoms. The third kappa shape index (κ3) is 13.3. The van der Waals surface area contributed by atoms with E-state index in [-0.39, 0.29) is 47.5 Å². The Morgan fingerprint density at radius 2 is 0.868 bits per heavy atom. The molecule has 0 bridgehead atoms. The van der Waals surface area contributed by atoms with Crippen LogP contribution in [0.15, 0.2) is 193 Å². The van der Waals surface area contributed by atoms with Crippen molar-refractivity contribution in [2.24, 2.45) is 0 Å². The second kappa shape index (κ2) is 22.8. The van der Waals surface area contributed by atoms with Crippen LogP contribution in [0.1, 0.15) is 47.2 Å². The largest absolute Gasteiger partial charge is 0.300 e. The Hall–Kier alpha value is -7.50. The summed E-state index contributed by atoms with van der Waals surface area (Å²) in [7, 11) is -7.63. The van der Waals surface area contributed by atoms with Gasteiger partial charge in [-0.3, -0.25) is 29.5 Å². The molecule has 0 aliphatic heterocycles. The van der Waals surface area contributed by atoms with Crippen molar-refractivity contribution >= 4 is 31.6 Å². The van der Waals surface area contributed by atoms with E-state index in [4.69, 9.17) is 0 Å². The molecule has 8 aromatic rings. The zero-order chi connectivity index (χ0) is 47.9. The van der Waals surface area contributed by atoms with Crippen molar-refractivity contribution in [3.8, 4) is 22.6 Å². The Morgan fingerprint density at radius 3 is 1.29 bits per heavy atom. The van der Waals surface area contributed by atoms with Crippen LogP contribution in [0, 0.1) is 0 Å². The van der Waals surface area contributed by atoms with Crippen LogP contribution in [0.5, 0.6) is 0 Å². The lowest BCUT2D eigenvalue weighted by molar-refractivity contribution is -0.117. The summed E-state index contributed by atoms with van der Waals surface area (Å²) in [5.41, 5.74) is 7.48. The molecule has 0 aliphatic rings. The number of rotatable bonds is 18. The van der Waals surface area contributed by atoms with Crippen molar-refractivity contribution in [3.05, 3.63) is 217 Å². The first kappa shape index (κ1) is 48.4. The lowest BCUT2D eigenvalue weighted by Gasteiger charge is -2.23. The molecule has 4 aromatic heterocycles. The minimum absolute atomic E-state index is 0.0551. The van der Waals surface area contributed by atoms with E-state index in [1.807, 2.05) is 97.1 Å². The third-order valence-electron chi connectivity index (χ3n) is 10.5. The number of aromatic nitrogens is 6. The van der Waals surface area contributed by atoms with E-state index in [1.54, 1.807) is 67.6 Å². The summed E-state index contributed by atoms with van der Waals surface area (Å²) in [5, 5.41) is 0. The predicted octanol–water partition coefficient (Wildman–Crippen LogP) is 8.12. The molecule has 0 aliphatic carbocycles. The maximum Gasteiger partial charge on any atom is 0.245 e. The Kier molecular flexibility index (Phi) is 16.2. The Balaban J connectivity index is 0.000000201. The second-order valence-corrected chi connectivity index (χ2v) is 19.8. The third-order valence-corrected chi connectivity index (χ3v) is 14.0. The molecule has 344 valence electrons. The number of hydrogen-bond donors (Lipinski definition) is 0. The molecule has 0 saturated heterocycles. The highest BCUT2D eigenvalue weighted by atomic mass is 32.2. The molecule has 0 unspecified atom stereocenters. The molecule has 0 atom stereocenters. The molecule has 14 nitrogen and oxygen atoms in total. The molecule has 8 rings (SSSR count). The Bertz CT molecular complexity index is 2940. The number of hydrogen-bond acceptors (Lipinski definition) is 12. The van der Waals surface area contributed by atoms with Gasteiger partial charge in [0, 0.05) is 99.7 Å². The first-order valence-electron chi connectivity index (χ1n) is 21.5. The van der Waals surface area contributed by atoms with E-state index < -0.39 is 20.0 Å². The van der Waals surface area contributed by atoms with Gasteiger partial charge in [-0.25, -0.2) is 26.8 Å². The summed E-state index contributed by atoms with van der Waals surface area (Å²) in [6, 6.07) is 38.1. The fourth-order valence-electron chi connectivity index (χ4n) is 7.25. The summed E-state index contributed by atoms with van der Waals surface area (Å²) >= 11 is 0. The van der Waals surface area contributed by atoms with Gasteiger partial charge in [0.1, 0.15) is 21.4 Å². The monoisotopic (exact) mass is 944 g/mol. The number of carbonyl (C=O) groups is 2. The molecule has 0 N–H and O–H groups in total. The number of Topliss-reactive ketones (excluding diaryl/α,β-unsaturated/α-hetero) is 2. The highest BCUT2D eigenvalue weighted by Gasteiger charge is 2.27. The van der Waals surface area contributed by atoms with Crippen LogP contribution in [0.4, 0.5) is 0 Å². The lowest BCUT2D eigenvalue weighted by atomic mass is 10.1. The number of benzene rings is 4. The topological polar surface area (TPSA) is 186 Å². The minimum atomic E-state index is -3.82. The standard InChI is InChI=1S/2C26H24N4O3S/c1-20(31)15-22-5-2-6-23(16-22)19-30(34(32,33)25-7-3-12-27-17-25)18-21-8-10-24(11-9-21)26-28-13-4-14-29-26;1-20(31)14-22-4-2-5-23(15-22)19-30(34(32,33)25-6-3-11-27-16-25)18-21-7-9-24(10-8-21)26-17-28-12-13-29-26/h2-14,16-17H,15,18-19H2,1H3;2-13,15-17H,14,18-19H2,1H3. The first-order chi connectivity index (χ1) is 32.8. The lowest BCUT2D eigenvalue weighted by Crippen LogP contribution is -2.30. The van der Waals surface area contributed by atoms with Gasteiger partial charge in [0.25, 0.3) is 0 Å². The number of pyridine rings is 2. The highest BCUT2D eigenvalue weighted by Crippen LogP contribution is 2.25. The number of nitrogens with zero attached hydrogens (tertiary/aromatic N) is 8. The summed E-state index contributed by atoms with van der Waals surface area (Å²) in [6.45, 7) is 3.74. The molecule has 0 spiro atoms. The minimum Gasteiger partial charge on any atom is -0.300 e. The van der Waals surface area contributed by atoms with Crippen LogP contribution in [-0.2, 0) is 68.7 Å². The van der Waals surface area contributed by atoms with Crippen molar-refractivity contribution in [1.82, 2.24) is 38.5 Å². The van der Waals surface area contributed by atoms with E-state index in [0.29, 0.717) is 18.7 Å². The van der Waals surface area contributed by atoms with Gasteiger partial charge in [-0.05, 0) is 77.6 Å². The van der Waals surface area contributed by atoms with Crippen LogP contribution < -0.4 is 0 Å². The van der Waals surface area contributed by atoms with Crippen LogP contribution in [-0.4, -0.2) is 66.9 Å². The fourth-order valence-corrected chi connectivity index (χ4v) is 10.0. The summed E-state index contributed by atoms with van der Waals surface area (Å²) in [5.74, 6) is 0.718. The van der Waals surface area contributed by atoms with Crippen LogP contribution >= 0.6 is 0 Å². The molecule has 0 amide bonds. The SMILES string of the molecule is CC(=O)Cc1cccc(CN(Cc2ccc(-c3cnccn3)cc2)S(=O)(=O)c2cccnc2)c1.CC(=O)Cc1cccc(CN(Cc2ccc(-c3ncccn3)cc2)S(=O)(=O)c2cccnc2)c1. The van der Waals surface area contributed by atoms with Crippen molar-refractivity contribution in [1.29, 1.82) is 0 Å². The molecule has 4 heterocycles. The quantitative estimate of drug-likeness (QED) is 0.0806. The van der Waals surface area contributed by atoms with Gasteiger partial charge in [-0.2, -0.15) is 8.61 Å². The zero-order valence-corrected chi connectivity index (χ0v) is 39.0. The number of ketones is 2. The van der Waals surface area contributed by atoms with Gasteiger partial charge in [0.15, 0.2) is 5.82 Å². The van der Waals surface area contributed by atoms with Gasteiger partial charge in [0.2, 0.25) is 20.0 Å². The van der Waals surface area contributed by atoms with Crippen LogP contribution in [0.2, 0.25) is 0 Å². The average Bonchev–Trinajstić information content (AvgIpc) is 3.35. The van der Waals surface area contributed by atoms with Gasteiger partial charge < -0.3 is 0 Å². The van der Waals surface area contributed by atoms with Gasteiger partial charge in [0.05, 0.1) is 11.9 Å². The van der Waals surface area contributed by atoms with E-state index in [2.05, 4.69) is 29.9 Å². The molecule has 4 aromatic carbocycles. The molecule has 68 heavy (non-hydrogen) atoms. The summed E-state index contributed by atoms with van der Waals surface area (Å²) in [6.07, 6.45) is 14.7. The normalized spacial score (nSPS) is 11.5. The van der Waals surface area contributed by atoms with E-state index >= 15 is 0 Å². The number of sulfonamides is 2. The van der Waals surface area contributed by atoms with Crippen LogP contribution in [0.3, 0.4) is 0 Å². The molecule has 0 radical (unpaired) electrons. The van der Waals surface area contributed by atoms with Gasteiger partial charge in [-0.1, -0.05) is 97.1 Å². The van der Waals surface area contributed by atoms with Crippen molar-refractivity contribution in [2.75, 3.05) is 0 Å². The smallest absolute Gasteiger partial charge is 0.245 e. The first-order valence-corrected chi connectivity index (χ1v) is 24.4. The Labute approximate surface area is 396 Å². The summed E-state index contributed by atoms with van der Waals surface area (Å²) < 4.78 is 56.9. The van der Waals surface area contributed by atoms with Gasteiger partial charge >= 0.3 is 0 Å². The fraction of sp³-hybridized carbons (Fsp3) is 0.154. The van der Waals surface area contributed by atoms with Gasteiger partial charge in [-0.15, -0.1) is 0 Å². The van der Waals surface area contributed by atoms with E-state index in [0.717, 1.165) is 50.2 Å². The molecular formula is C52H48N8O6S2. The second-order valence-electron chi connectivity index (χ2n) is 15.9. The molecule has 0 saturated carbocycles. The van der Waals surface area contributed by atoms with Crippen molar-refractivity contribution in [3.63, 3.8) is 0 Å². The summed E-state index contributed by atoms with van der Waals surface area (Å²) in [4.78, 5) is 48.2. The van der Waals surface area contributed by atoms with E-state index in [1.165, 1.54) is 40.9 Å². The number of carbonyl (C=O) groups excluding carboxylic acids is 2. The zero-order valence-electron chi connectivity index (χ0n) is 37.4. The maximum absolute atomic E-state index is 13.5. The predicted molar refractivity (Wildman–Crippen MR) is 258 cm³/mol. The molecule has 0 fully saturated rings. The average molecular weight is 945 g/mol.